The predicted molar refractivity (Wildman–Crippen MR) is 163 cm³/mol. The minimum atomic E-state index is -0.965. The number of hydrogen-bond acceptors (Lipinski definition) is 9. The molecule has 0 radical (unpaired) electrons. The number of ether oxygens (including phenoxy) is 3. The number of benzene rings is 2. The molecule has 0 saturated heterocycles. The lowest BCUT2D eigenvalue weighted by atomic mass is 9.98. The highest BCUT2D eigenvalue weighted by molar-refractivity contribution is 5.98. The van der Waals surface area contributed by atoms with E-state index in [0.717, 1.165) is 5.69 Å². The van der Waals surface area contributed by atoms with Crippen LogP contribution in [-0.4, -0.2) is 42.3 Å². The predicted octanol–water partition coefficient (Wildman–Crippen LogP) is 5.34. The van der Waals surface area contributed by atoms with Crippen molar-refractivity contribution >= 4 is 28.8 Å². The van der Waals surface area contributed by atoms with Crippen LogP contribution in [0.15, 0.2) is 76.1 Å². The lowest BCUT2D eigenvalue weighted by Crippen LogP contribution is -2.25. The Labute approximate surface area is 252 Å². The van der Waals surface area contributed by atoms with Crippen LogP contribution in [0.4, 0.5) is 5.88 Å². The maximum Gasteiger partial charge on any atom is 0.344 e. The number of carbonyl (C=O) groups excluding carboxylic acids is 2. The summed E-state index contributed by atoms with van der Waals surface area (Å²) in [4.78, 5) is 43.3. The Balaban J connectivity index is 1.43. The molecule has 5 aromatic rings. The number of amides is 1. The van der Waals surface area contributed by atoms with Gasteiger partial charge in [0.25, 0.3) is 5.91 Å². The minimum absolute atomic E-state index is 0.0730. The molecule has 44 heavy (non-hydrogen) atoms. The first-order valence-electron chi connectivity index (χ1n) is 13.6. The number of esters is 1. The van der Waals surface area contributed by atoms with Crippen LogP contribution in [0.1, 0.15) is 28.5 Å². The molecule has 0 unspecified atom stereocenters. The van der Waals surface area contributed by atoms with E-state index in [2.05, 4.69) is 16.4 Å². The van der Waals surface area contributed by atoms with Gasteiger partial charge in [-0.15, -0.1) is 0 Å². The molecule has 0 aliphatic heterocycles. The maximum atomic E-state index is 13.0. The summed E-state index contributed by atoms with van der Waals surface area (Å²) >= 11 is 0. The van der Waals surface area contributed by atoms with Crippen molar-refractivity contribution < 1.29 is 28.2 Å². The van der Waals surface area contributed by atoms with Gasteiger partial charge in [-0.05, 0) is 67.9 Å². The highest BCUT2D eigenvalue weighted by Crippen LogP contribution is 2.42. The first-order chi connectivity index (χ1) is 21.3. The van der Waals surface area contributed by atoms with Gasteiger partial charge in [-0.3, -0.25) is 14.9 Å². The van der Waals surface area contributed by atoms with Crippen LogP contribution in [0.5, 0.6) is 11.5 Å². The number of aryl methyl sites for hydroxylation is 2. The molecule has 0 bridgehead atoms. The van der Waals surface area contributed by atoms with Gasteiger partial charge in [-0.1, -0.05) is 12.1 Å². The highest BCUT2D eigenvalue weighted by Gasteiger charge is 2.25. The maximum absolute atomic E-state index is 13.0. The summed E-state index contributed by atoms with van der Waals surface area (Å²) in [5, 5.41) is 12.9. The van der Waals surface area contributed by atoms with E-state index in [9.17, 15) is 19.6 Å². The van der Waals surface area contributed by atoms with E-state index in [1.165, 1.54) is 6.20 Å². The zero-order valence-electron chi connectivity index (χ0n) is 24.5. The number of furan rings is 1. The van der Waals surface area contributed by atoms with Gasteiger partial charge < -0.3 is 23.2 Å². The molecular formula is C33H28N4O7. The van der Waals surface area contributed by atoms with Crippen molar-refractivity contribution in [2.75, 3.05) is 26.1 Å². The number of anilines is 1. The molecule has 0 aliphatic rings. The number of hydrogen-bond donors (Lipinski definition) is 1. The molecule has 0 aliphatic carbocycles. The summed E-state index contributed by atoms with van der Waals surface area (Å²) < 4.78 is 23.4. The second-order valence-corrected chi connectivity index (χ2v) is 9.69. The average Bonchev–Trinajstić information content (AvgIpc) is 3.41. The molecule has 11 nitrogen and oxygen atoms in total. The molecule has 0 atom stereocenters. The lowest BCUT2D eigenvalue weighted by molar-refractivity contribution is -0.119. The molecule has 2 aromatic carbocycles. The molecule has 0 fully saturated rings. The van der Waals surface area contributed by atoms with Crippen molar-refractivity contribution in [3.8, 4) is 40.0 Å². The number of fused-ring (bicyclic) bond motifs is 1. The molecule has 3 heterocycles. The number of rotatable bonds is 9. The van der Waals surface area contributed by atoms with E-state index in [1.54, 1.807) is 86.4 Å². The molecule has 0 spiro atoms. The van der Waals surface area contributed by atoms with Crippen molar-refractivity contribution in [1.82, 2.24) is 9.55 Å². The summed E-state index contributed by atoms with van der Waals surface area (Å²) in [5.74, 6) is -0.258. The largest absolute Gasteiger partial charge is 0.497 e. The van der Waals surface area contributed by atoms with Gasteiger partial charge in [0.2, 0.25) is 11.3 Å². The van der Waals surface area contributed by atoms with Gasteiger partial charge >= 0.3 is 5.97 Å². The van der Waals surface area contributed by atoms with Gasteiger partial charge in [-0.25, -0.2) is 9.78 Å². The van der Waals surface area contributed by atoms with Crippen LogP contribution < -0.4 is 20.2 Å². The molecule has 0 saturated carbocycles. The molecule has 222 valence electrons. The number of pyridine rings is 2. The summed E-state index contributed by atoms with van der Waals surface area (Å²) in [6, 6.07) is 19.5. The van der Waals surface area contributed by atoms with Crippen molar-refractivity contribution in [1.29, 1.82) is 5.26 Å². The van der Waals surface area contributed by atoms with E-state index in [1.807, 2.05) is 6.92 Å². The Morgan fingerprint density at radius 2 is 1.61 bits per heavy atom. The lowest BCUT2D eigenvalue weighted by Gasteiger charge is -2.11. The van der Waals surface area contributed by atoms with Crippen LogP contribution in [-0.2, 0) is 16.1 Å². The fourth-order valence-corrected chi connectivity index (χ4v) is 4.72. The third kappa shape index (κ3) is 5.73. The molecular weight excluding hydrogens is 564 g/mol. The molecule has 5 rings (SSSR count). The number of nitrogens with one attached hydrogen (secondary N) is 1. The van der Waals surface area contributed by atoms with Crippen LogP contribution >= 0.6 is 0 Å². The summed E-state index contributed by atoms with van der Waals surface area (Å²) in [6.45, 7) is 3.39. The van der Waals surface area contributed by atoms with Crippen molar-refractivity contribution in [2.45, 2.75) is 20.4 Å². The highest BCUT2D eigenvalue weighted by atomic mass is 16.5. The molecule has 1 amide bonds. The Kier molecular flexibility index (Phi) is 8.44. The van der Waals surface area contributed by atoms with Crippen molar-refractivity contribution in [2.24, 2.45) is 0 Å². The van der Waals surface area contributed by atoms with E-state index in [0.29, 0.717) is 46.1 Å². The third-order valence-electron chi connectivity index (χ3n) is 6.96. The Morgan fingerprint density at radius 3 is 2.20 bits per heavy atom. The number of aromatic nitrogens is 2. The SMILES string of the molecule is CCn1cc(C(=O)OCC(=O)Nc2oc(-c3ccc(OC)cc3)c(-c3ccc(OC)cc3)c2C#N)c(=O)c2ccc(C)nc21. The number of carbonyl (C=O) groups is 2. The molecule has 3 aromatic heterocycles. The van der Waals surface area contributed by atoms with E-state index in [4.69, 9.17) is 18.6 Å². The summed E-state index contributed by atoms with van der Waals surface area (Å²) in [6.07, 6.45) is 1.37. The number of methoxy groups -OCH3 is 2. The average molecular weight is 593 g/mol. The van der Waals surface area contributed by atoms with Crippen LogP contribution in [0.2, 0.25) is 0 Å². The normalized spacial score (nSPS) is 10.7. The Morgan fingerprint density at radius 1 is 0.977 bits per heavy atom. The van der Waals surface area contributed by atoms with E-state index < -0.39 is 23.9 Å². The van der Waals surface area contributed by atoms with Crippen LogP contribution in [0, 0.1) is 18.3 Å². The van der Waals surface area contributed by atoms with Crippen LogP contribution in [0.3, 0.4) is 0 Å². The number of nitrogens with zero attached hydrogens (tertiary/aromatic N) is 3. The first-order valence-corrected chi connectivity index (χ1v) is 13.6. The topological polar surface area (TPSA) is 146 Å². The second kappa shape index (κ2) is 12.5. The number of nitriles is 1. The second-order valence-electron chi connectivity index (χ2n) is 9.69. The fourth-order valence-electron chi connectivity index (χ4n) is 4.72. The van der Waals surface area contributed by atoms with Crippen LogP contribution in [0.25, 0.3) is 33.5 Å². The fraction of sp³-hybridized carbons (Fsp3) is 0.182. The smallest absolute Gasteiger partial charge is 0.344 e. The van der Waals surface area contributed by atoms with Gasteiger partial charge in [0.15, 0.2) is 6.61 Å². The van der Waals surface area contributed by atoms with Crippen molar-refractivity contribution in [3.63, 3.8) is 0 Å². The van der Waals surface area contributed by atoms with Gasteiger partial charge in [-0.2, -0.15) is 5.26 Å². The van der Waals surface area contributed by atoms with E-state index >= 15 is 0 Å². The monoisotopic (exact) mass is 592 g/mol. The first kappa shape index (κ1) is 29.6. The standard InChI is InChI=1S/C33H28N4O7/c1-5-37-17-26(29(39)24-15-6-19(2)35-31(24)37)33(40)43-18-27(38)36-32-25(16-34)28(20-7-11-22(41-3)12-8-20)30(44-32)21-9-13-23(42-4)14-10-21/h6-15,17H,5,18H2,1-4H3,(H,36,38). The zero-order chi connectivity index (χ0) is 31.4. The van der Waals surface area contributed by atoms with Gasteiger partial charge in [0.1, 0.15) is 40.1 Å². The molecule has 11 heteroatoms. The summed E-state index contributed by atoms with van der Waals surface area (Å²) in [5.41, 5.74) is 2.22. The summed E-state index contributed by atoms with van der Waals surface area (Å²) in [7, 11) is 3.10. The quantitative estimate of drug-likeness (QED) is 0.224. The molecule has 1 N–H and O–H groups in total. The van der Waals surface area contributed by atoms with Gasteiger partial charge in [0, 0.05) is 29.6 Å². The Bertz CT molecular complexity index is 1970. The third-order valence-corrected chi connectivity index (χ3v) is 6.96. The minimum Gasteiger partial charge on any atom is -0.497 e. The van der Waals surface area contributed by atoms with E-state index in [-0.39, 0.29) is 22.4 Å². The Hall–Kier alpha value is -5.89. The van der Waals surface area contributed by atoms with Gasteiger partial charge in [0.05, 0.1) is 19.6 Å². The zero-order valence-corrected chi connectivity index (χ0v) is 24.5. The van der Waals surface area contributed by atoms with Crippen molar-refractivity contribution in [3.05, 3.63) is 93.9 Å².